The van der Waals surface area contributed by atoms with Gasteiger partial charge in [-0.15, -0.1) is 0 Å². The summed E-state index contributed by atoms with van der Waals surface area (Å²) in [6.45, 7) is 35.7. The van der Waals surface area contributed by atoms with Crippen molar-refractivity contribution < 1.29 is 4.79 Å². The number of thioether (sulfide) groups is 1. The monoisotopic (exact) mass is 779 g/mol. The van der Waals surface area contributed by atoms with Crippen LogP contribution in [-0.4, -0.2) is 35.9 Å². The van der Waals surface area contributed by atoms with Gasteiger partial charge in [0.25, 0.3) is 0 Å². The minimum Gasteiger partial charge on any atom is -0.311 e. The topological polar surface area (TPSA) is 42.0 Å². The minimum absolute atomic E-state index is 0.0625. The van der Waals surface area contributed by atoms with Gasteiger partial charge in [0.2, 0.25) is 0 Å². The highest BCUT2D eigenvalue weighted by atomic mass is 32.2. The van der Waals surface area contributed by atoms with Crippen molar-refractivity contribution in [1.29, 1.82) is 0 Å². The van der Waals surface area contributed by atoms with Gasteiger partial charge in [-0.25, -0.2) is 0 Å². The Morgan fingerprint density at radius 1 is 0.593 bits per heavy atom. The van der Waals surface area contributed by atoms with Crippen LogP contribution in [0.15, 0.2) is 85.2 Å². The molecule has 1 aromatic carbocycles. The molecular weight excluding hydrogens is 677 g/mol. The Balaban J connectivity index is -0.0000000603. The highest BCUT2D eigenvalue weighted by Gasteiger charge is 2.09. The average Bonchev–Trinajstić information content (AvgIpc) is 4.14. The number of aromatic nitrogens is 1. The summed E-state index contributed by atoms with van der Waals surface area (Å²) in [5.41, 5.74) is 1.32. The van der Waals surface area contributed by atoms with Gasteiger partial charge in [0, 0.05) is 12.4 Å². The first-order valence-electron chi connectivity index (χ1n) is 22.5. The van der Waals surface area contributed by atoms with Crippen LogP contribution < -0.4 is 5.32 Å². The molecule has 2 fully saturated rings. The Morgan fingerprint density at radius 3 is 1.06 bits per heavy atom. The van der Waals surface area contributed by atoms with E-state index in [0.29, 0.717) is 0 Å². The van der Waals surface area contributed by atoms with E-state index in [1.165, 1.54) is 69.8 Å². The van der Waals surface area contributed by atoms with Crippen LogP contribution in [0.25, 0.3) is 0 Å². The van der Waals surface area contributed by atoms with Gasteiger partial charge in [0.05, 0.1) is 6.04 Å². The number of nitrogens with one attached hydrogen (secondary N) is 1. The zero-order valence-corrected chi connectivity index (χ0v) is 41.4. The minimum atomic E-state index is 0.0625. The molecule has 4 heteroatoms. The maximum absolute atomic E-state index is 10.8. The van der Waals surface area contributed by atoms with Crippen molar-refractivity contribution in [2.45, 2.75) is 208 Å². The molecule has 0 unspecified atom stereocenters. The van der Waals surface area contributed by atoms with Gasteiger partial charge >= 0.3 is 0 Å². The van der Waals surface area contributed by atoms with Crippen molar-refractivity contribution >= 4 is 17.5 Å². The number of Topliss-reactive ketones (excluding diaryl/α,β-unsaturated/α-hetero) is 1. The third-order valence-corrected chi connectivity index (χ3v) is 6.76. The highest BCUT2D eigenvalue weighted by molar-refractivity contribution is 7.98. The van der Waals surface area contributed by atoms with Crippen LogP contribution in [0.2, 0.25) is 0 Å². The number of ketones is 1. The molecule has 0 amide bonds. The third kappa shape index (κ3) is 87.6. The van der Waals surface area contributed by atoms with Gasteiger partial charge < -0.3 is 5.32 Å². The molecule has 0 saturated heterocycles. The summed E-state index contributed by atoms with van der Waals surface area (Å²) < 4.78 is 0. The normalized spacial score (nSPS) is 11.4. The lowest BCUT2D eigenvalue weighted by Gasteiger charge is -2.10. The fourth-order valence-corrected chi connectivity index (χ4v) is 4.27. The molecule has 3 aliphatic rings. The summed E-state index contributed by atoms with van der Waals surface area (Å²) in [5, 5.41) is 2.97. The van der Waals surface area contributed by atoms with Crippen molar-refractivity contribution in [1.82, 2.24) is 10.3 Å². The number of allylic oxidation sites excluding steroid dienone is 4. The summed E-state index contributed by atoms with van der Waals surface area (Å²) in [4.78, 5) is 14.6. The number of aryl methyl sites for hydroxylation is 1. The van der Waals surface area contributed by atoms with Crippen LogP contribution in [0.1, 0.15) is 200 Å². The second-order valence-corrected chi connectivity index (χ2v) is 10.5. The standard InChI is InChI=1S/C7H15NOS.C7H8.C5H5N.2C5H10.C5H6.8C2H6/c1-6(9)7(8-2)4-5-10-3;1-7-5-3-2-4-6-7;1-2-4-6-5-3-1;3*1-2-4-5-3-1;8*1-2/h7-8H,4-5H2,1-3H3;2-6H,1H3;1-5H;2*1-5H2;1-4H,5H2;8*1-2H3/t7-;;;;;;;;;;;;;/m0............./s1. The van der Waals surface area contributed by atoms with Gasteiger partial charge in [0.15, 0.2) is 0 Å². The van der Waals surface area contributed by atoms with Gasteiger partial charge in [-0.1, -0.05) is 241 Å². The Labute approximate surface area is 348 Å². The molecule has 0 aliphatic heterocycles. The maximum atomic E-state index is 10.8. The molecule has 324 valence electrons. The zero-order valence-electron chi connectivity index (χ0n) is 40.6. The van der Waals surface area contributed by atoms with E-state index < -0.39 is 0 Å². The van der Waals surface area contributed by atoms with E-state index in [2.05, 4.69) is 53.7 Å². The molecule has 3 nitrogen and oxygen atoms in total. The molecule has 1 atom stereocenters. The lowest BCUT2D eigenvalue weighted by atomic mass is 10.1. The van der Waals surface area contributed by atoms with E-state index >= 15 is 0 Å². The summed E-state index contributed by atoms with van der Waals surface area (Å²) in [6.07, 6.45) is 31.0. The third-order valence-electron chi connectivity index (χ3n) is 6.11. The van der Waals surface area contributed by atoms with E-state index in [4.69, 9.17) is 0 Å². The number of nitrogens with zero attached hydrogens (tertiary/aromatic N) is 1. The number of benzene rings is 1. The van der Waals surface area contributed by atoms with Crippen LogP contribution in [0.4, 0.5) is 0 Å². The van der Waals surface area contributed by atoms with Crippen molar-refractivity contribution in [3.63, 3.8) is 0 Å². The van der Waals surface area contributed by atoms with E-state index in [1.54, 1.807) is 31.1 Å². The second kappa shape index (κ2) is 93.0. The number of carbonyl (C=O) groups is 1. The Morgan fingerprint density at radius 2 is 0.907 bits per heavy atom. The smallest absolute Gasteiger partial charge is 0.146 e. The van der Waals surface area contributed by atoms with Gasteiger partial charge in [-0.05, 0) is 57.9 Å². The Bertz CT molecular complexity index is 725. The van der Waals surface area contributed by atoms with E-state index in [1.807, 2.05) is 160 Å². The van der Waals surface area contributed by atoms with Gasteiger partial charge in [-0.3, -0.25) is 9.78 Å². The van der Waals surface area contributed by atoms with Crippen LogP contribution in [0.5, 0.6) is 0 Å². The zero-order chi connectivity index (χ0) is 43.9. The van der Waals surface area contributed by atoms with Crippen molar-refractivity contribution in [2.75, 3.05) is 19.1 Å². The Kier molecular flexibility index (Phi) is 126. The predicted molar refractivity (Wildman–Crippen MR) is 262 cm³/mol. The highest BCUT2D eigenvalue weighted by Crippen LogP contribution is 2.15. The van der Waals surface area contributed by atoms with Crippen LogP contribution in [0.3, 0.4) is 0 Å². The lowest BCUT2D eigenvalue weighted by molar-refractivity contribution is -0.118. The molecule has 0 bridgehead atoms. The molecule has 1 N–H and O–H groups in total. The molecule has 2 saturated carbocycles. The molecule has 1 aromatic heterocycles. The fraction of sp³-hybridized carbons (Fsp3) is 0.680. The summed E-state index contributed by atoms with van der Waals surface area (Å²) in [6, 6.07) is 16.0. The molecule has 5 rings (SSSR count). The van der Waals surface area contributed by atoms with Crippen LogP contribution in [0, 0.1) is 6.92 Å². The number of pyridine rings is 1. The fourth-order valence-electron chi connectivity index (χ4n) is 3.79. The van der Waals surface area contributed by atoms with E-state index in [-0.39, 0.29) is 11.8 Å². The number of hydrogen-bond donors (Lipinski definition) is 1. The van der Waals surface area contributed by atoms with Crippen molar-refractivity contribution in [2.24, 2.45) is 0 Å². The molecule has 0 radical (unpaired) electrons. The number of carbonyl (C=O) groups excluding carboxylic acids is 1. The largest absolute Gasteiger partial charge is 0.311 e. The van der Waals surface area contributed by atoms with Gasteiger partial charge in [-0.2, -0.15) is 11.8 Å². The van der Waals surface area contributed by atoms with Crippen molar-refractivity contribution in [3.05, 3.63) is 90.8 Å². The summed E-state index contributed by atoms with van der Waals surface area (Å²) in [7, 11) is 1.83. The van der Waals surface area contributed by atoms with E-state index in [0.717, 1.165) is 18.6 Å². The lowest BCUT2D eigenvalue weighted by Crippen LogP contribution is -2.32. The maximum Gasteiger partial charge on any atom is 0.146 e. The SMILES string of the molecule is C1=CCC=C1.C1CCCC1.C1CCCC1.CC.CC.CC.CC.CC.CC.CC.CC.CN[C@@H](CCSC)C(C)=O.Cc1ccccc1.c1ccncc1. The quantitative estimate of drug-likeness (QED) is 0.328. The molecular formula is C50H102N2OS. The number of hydrogen-bond acceptors (Lipinski definition) is 4. The van der Waals surface area contributed by atoms with E-state index in [9.17, 15) is 4.79 Å². The average molecular weight is 779 g/mol. The van der Waals surface area contributed by atoms with Crippen LogP contribution in [-0.2, 0) is 4.79 Å². The molecule has 54 heavy (non-hydrogen) atoms. The summed E-state index contributed by atoms with van der Waals surface area (Å²) >= 11 is 1.77. The molecule has 3 aliphatic carbocycles. The predicted octanol–water partition coefficient (Wildman–Crippen LogP) is 17.6. The first-order valence-corrected chi connectivity index (χ1v) is 23.9. The first kappa shape index (κ1) is 73.0. The molecule has 1 heterocycles. The number of likely N-dealkylation sites (N-methyl/N-ethyl adjacent to an activating group) is 1. The number of rotatable bonds is 5. The van der Waals surface area contributed by atoms with Crippen molar-refractivity contribution in [3.8, 4) is 0 Å². The second-order valence-electron chi connectivity index (χ2n) is 9.54. The van der Waals surface area contributed by atoms with Gasteiger partial charge in [0.1, 0.15) is 5.78 Å². The Hall–Kier alpha value is -2.17. The molecule has 0 spiro atoms. The summed E-state index contributed by atoms with van der Waals surface area (Å²) in [5.74, 6) is 1.28. The van der Waals surface area contributed by atoms with Crippen LogP contribution >= 0.6 is 11.8 Å². The first-order chi connectivity index (χ1) is 26.6. The molecule has 2 aromatic rings.